The second-order valence-electron chi connectivity index (χ2n) is 3.29. The van der Waals surface area contributed by atoms with E-state index in [0.717, 1.165) is 11.5 Å². The van der Waals surface area contributed by atoms with Crippen molar-refractivity contribution in [1.29, 1.82) is 0 Å². The van der Waals surface area contributed by atoms with Crippen LogP contribution in [0.25, 0.3) is 0 Å². The predicted molar refractivity (Wildman–Crippen MR) is 55.5 cm³/mol. The van der Waals surface area contributed by atoms with E-state index in [0.29, 0.717) is 10.9 Å². The maximum atomic E-state index is 5.81. The molecule has 1 aliphatic rings. The highest BCUT2D eigenvalue weighted by Crippen LogP contribution is 2.30. The molecule has 3 heteroatoms. The molecule has 0 atom stereocenters. The number of hydrogen-bond acceptors (Lipinski definition) is 1. The van der Waals surface area contributed by atoms with Crippen LogP contribution in [0.5, 0.6) is 0 Å². The average molecular weight is 195 g/mol. The van der Waals surface area contributed by atoms with E-state index in [2.05, 4.69) is 4.99 Å². The van der Waals surface area contributed by atoms with E-state index < -0.39 is 0 Å². The van der Waals surface area contributed by atoms with Crippen molar-refractivity contribution >= 4 is 23.1 Å². The summed E-state index contributed by atoms with van der Waals surface area (Å²) in [5.41, 5.74) is 6.61. The van der Waals surface area contributed by atoms with Gasteiger partial charge in [-0.05, 0) is 31.0 Å². The van der Waals surface area contributed by atoms with Crippen LogP contribution in [-0.4, -0.2) is 5.84 Å². The quantitative estimate of drug-likeness (QED) is 0.571. The van der Waals surface area contributed by atoms with Gasteiger partial charge in [0.1, 0.15) is 5.84 Å². The Kier molecular flexibility index (Phi) is 2.23. The van der Waals surface area contributed by atoms with Crippen molar-refractivity contribution in [2.24, 2.45) is 16.6 Å². The maximum Gasteiger partial charge on any atom is 0.103 e. The lowest BCUT2D eigenvalue weighted by atomic mass is 10.3. The lowest BCUT2D eigenvalue weighted by Crippen LogP contribution is -2.12. The monoisotopic (exact) mass is 194 g/mol. The fourth-order valence-electron chi connectivity index (χ4n) is 1.17. The van der Waals surface area contributed by atoms with Crippen LogP contribution in [0.1, 0.15) is 12.8 Å². The van der Waals surface area contributed by atoms with E-state index in [1.54, 1.807) is 0 Å². The Hall–Kier alpha value is -1.02. The lowest BCUT2D eigenvalue weighted by Gasteiger charge is -1.97. The SMILES string of the molecule is NC(=Nc1cccc(Cl)c1)C1CC1. The molecule has 1 aromatic rings. The summed E-state index contributed by atoms with van der Waals surface area (Å²) in [6.45, 7) is 0. The molecule has 0 aliphatic heterocycles. The van der Waals surface area contributed by atoms with Gasteiger partial charge in [-0.2, -0.15) is 0 Å². The molecule has 0 radical (unpaired) electrons. The van der Waals surface area contributed by atoms with Crippen LogP contribution in [0, 0.1) is 5.92 Å². The van der Waals surface area contributed by atoms with Crippen molar-refractivity contribution in [1.82, 2.24) is 0 Å². The third kappa shape index (κ3) is 2.22. The highest BCUT2D eigenvalue weighted by Gasteiger charge is 2.25. The molecule has 1 aromatic carbocycles. The van der Waals surface area contributed by atoms with E-state index in [9.17, 15) is 0 Å². The first-order valence-electron chi connectivity index (χ1n) is 4.35. The van der Waals surface area contributed by atoms with E-state index in [-0.39, 0.29) is 0 Å². The fourth-order valence-corrected chi connectivity index (χ4v) is 1.35. The highest BCUT2D eigenvalue weighted by molar-refractivity contribution is 6.30. The number of rotatable bonds is 2. The summed E-state index contributed by atoms with van der Waals surface area (Å²) >= 11 is 5.81. The van der Waals surface area contributed by atoms with Gasteiger partial charge in [-0.1, -0.05) is 17.7 Å². The molecule has 1 fully saturated rings. The minimum absolute atomic E-state index is 0.513. The maximum absolute atomic E-state index is 5.81. The lowest BCUT2D eigenvalue weighted by molar-refractivity contribution is 1.15. The Morgan fingerprint density at radius 3 is 2.85 bits per heavy atom. The van der Waals surface area contributed by atoms with Gasteiger partial charge in [0.15, 0.2) is 0 Å². The van der Waals surface area contributed by atoms with Crippen molar-refractivity contribution < 1.29 is 0 Å². The van der Waals surface area contributed by atoms with Gasteiger partial charge in [-0.15, -0.1) is 0 Å². The van der Waals surface area contributed by atoms with Crippen LogP contribution in [0.4, 0.5) is 5.69 Å². The van der Waals surface area contributed by atoms with Crippen LogP contribution in [0.15, 0.2) is 29.3 Å². The number of halogens is 1. The summed E-state index contributed by atoms with van der Waals surface area (Å²) in [4.78, 5) is 4.29. The Bertz CT molecular complexity index is 343. The molecule has 0 heterocycles. The van der Waals surface area contributed by atoms with Crippen LogP contribution in [0.3, 0.4) is 0 Å². The van der Waals surface area contributed by atoms with Gasteiger partial charge in [-0.25, -0.2) is 4.99 Å². The van der Waals surface area contributed by atoms with Crippen molar-refractivity contribution in [3.05, 3.63) is 29.3 Å². The van der Waals surface area contributed by atoms with Crippen molar-refractivity contribution in [2.45, 2.75) is 12.8 Å². The molecule has 2 rings (SSSR count). The average Bonchev–Trinajstić information content (AvgIpc) is 2.85. The largest absolute Gasteiger partial charge is 0.387 e. The van der Waals surface area contributed by atoms with Gasteiger partial charge >= 0.3 is 0 Å². The molecule has 1 saturated carbocycles. The van der Waals surface area contributed by atoms with E-state index >= 15 is 0 Å². The van der Waals surface area contributed by atoms with E-state index in [1.807, 2.05) is 24.3 Å². The number of nitrogens with zero attached hydrogens (tertiary/aromatic N) is 1. The molecular weight excluding hydrogens is 184 g/mol. The zero-order valence-corrected chi connectivity index (χ0v) is 7.96. The van der Waals surface area contributed by atoms with E-state index in [1.165, 1.54) is 12.8 Å². The molecular formula is C10H11ClN2. The summed E-state index contributed by atoms with van der Waals surface area (Å²) in [6, 6.07) is 7.42. The fraction of sp³-hybridized carbons (Fsp3) is 0.300. The third-order valence-electron chi connectivity index (χ3n) is 2.06. The summed E-state index contributed by atoms with van der Waals surface area (Å²) in [6.07, 6.45) is 2.35. The van der Waals surface area contributed by atoms with Crippen molar-refractivity contribution in [3.8, 4) is 0 Å². The van der Waals surface area contributed by atoms with Gasteiger partial charge < -0.3 is 5.73 Å². The number of nitrogens with two attached hydrogens (primary N) is 1. The first-order chi connectivity index (χ1) is 6.25. The molecule has 0 spiro atoms. The van der Waals surface area contributed by atoms with Crippen molar-refractivity contribution in [2.75, 3.05) is 0 Å². The molecule has 0 saturated heterocycles. The van der Waals surface area contributed by atoms with Gasteiger partial charge in [0.25, 0.3) is 0 Å². The summed E-state index contributed by atoms with van der Waals surface area (Å²) in [5, 5.41) is 0.699. The molecule has 2 nitrogen and oxygen atoms in total. The van der Waals surface area contributed by atoms with Crippen LogP contribution in [-0.2, 0) is 0 Å². The molecule has 0 aromatic heterocycles. The van der Waals surface area contributed by atoms with Gasteiger partial charge in [0.05, 0.1) is 5.69 Å². The predicted octanol–water partition coefficient (Wildman–Crippen LogP) is 2.74. The highest BCUT2D eigenvalue weighted by atomic mass is 35.5. The smallest absolute Gasteiger partial charge is 0.103 e. The van der Waals surface area contributed by atoms with Crippen LogP contribution < -0.4 is 5.73 Å². The number of benzene rings is 1. The molecule has 0 amide bonds. The minimum Gasteiger partial charge on any atom is -0.387 e. The normalized spacial score (nSPS) is 17.5. The summed E-state index contributed by atoms with van der Waals surface area (Å²) in [5.74, 6) is 1.25. The number of amidine groups is 1. The molecule has 1 aliphatic carbocycles. The molecule has 13 heavy (non-hydrogen) atoms. The first kappa shape index (κ1) is 8.57. The Morgan fingerprint density at radius 2 is 2.23 bits per heavy atom. The van der Waals surface area contributed by atoms with Crippen LogP contribution in [0.2, 0.25) is 5.02 Å². The zero-order valence-electron chi connectivity index (χ0n) is 7.20. The number of aliphatic imine (C=N–C) groups is 1. The topological polar surface area (TPSA) is 38.4 Å². The van der Waals surface area contributed by atoms with Gasteiger partial charge in [0.2, 0.25) is 0 Å². The van der Waals surface area contributed by atoms with Crippen LogP contribution >= 0.6 is 11.6 Å². The van der Waals surface area contributed by atoms with Crippen molar-refractivity contribution in [3.63, 3.8) is 0 Å². The van der Waals surface area contributed by atoms with E-state index in [4.69, 9.17) is 17.3 Å². The summed E-state index contributed by atoms with van der Waals surface area (Å²) in [7, 11) is 0. The zero-order chi connectivity index (χ0) is 9.26. The Labute approximate surface area is 82.4 Å². The van der Waals surface area contributed by atoms with Gasteiger partial charge in [0, 0.05) is 10.9 Å². The summed E-state index contributed by atoms with van der Waals surface area (Å²) < 4.78 is 0. The Balaban J connectivity index is 2.20. The third-order valence-corrected chi connectivity index (χ3v) is 2.30. The second-order valence-corrected chi connectivity index (χ2v) is 3.73. The molecule has 68 valence electrons. The molecule has 0 bridgehead atoms. The molecule has 0 unspecified atom stereocenters. The standard InChI is InChI=1S/C10H11ClN2/c11-8-2-1-3-9(6-8)13-10(12)7-4-5-7/h1-3,6-7H,4-5H2,(H2,12,13). The molecule has 2 N–H and O–H groups in total. The number of hydrogen-bond donors (Lipinski definition) is 1. The van der Waals surface area contributed by atoms with Gasteiger partial charge in [-0.3, -0.25) is 0 Å². The second kappa shape index (κ2) is 3.38. The first-order valence-corrected chi connectivity index (χ1v) is 4.73. The Morgan fingerprint density at radius 1 is 1.46 bits per heavy atom. The minimum atomic E-state index is 0.513.